The molecule has 0 bridgehead atoms. The number of aromatic nitrogens is 1. The van der Waals surface area contributed by atoms with E-state index in [-0.39, 0.29) is 22.9 Å². The highest BCUT2D eigenvalue weighted by molar-refractivity contribution is 5.98. The second-order valence-corrected chi connectivity index (χ2v) is 7.10. The van der Waals surface area contributed by atoms with Crippen LogP contribution in [0.15, 0.2) is 65.5 Å². The van der Waals surface area contributed by atoms with Gasteiger partial charge in [0.05, 0.1) is 5.52 Å². The lowest BCUT2D eigenvalue weighted by Crippen LogP contribution is -2.35. The molecule has 1 N–H and O–H groups in total. The van der Waals surface area contributed by atoms with E-state index in [1.807, 2.05) is 54.6 Å². The number of rotatable bonds is 4. The maximum atomic E-state index is 12.6. The molecular weight excluding hydrogens is 354 g/mol. The van der Waals surface area contributed by atoms with Gasteiger partial charge in [-0.2, -0.15) is 0 Å². The quantitative estimate of drug-likeness (QED) is 0.761. The summed E-state index contributed by atoms with van der Waals surface area (Å²) in [7, 11) is 1.66. The molecule has 6 heteroatoms. The van der Waals surface area contributed by atoms with Gasteiger partial charge in [0.25, 0.3) is 11.5 Å². The van der Waals surface area contributed by atoms with E-state index < -0.39 is 5.91 Å². The summed E-state index contributed by atoms with van der Waals surface area (Å²) in [5.74, 6) is -0.343. The SMILES string of the molecule is Cn1c(=O)c(C(=O)NC[C@H]2CC(=O)N(c3ccccc3)C2)cc2ccccc21. The summed E-state index contributed by atoms with van der Waals surface area (Å²) in [5.41, 5.74) is 1.43. The third-order valence-corrected chi connectivity index (χ3v) is 5.20. The van der Waals surface area contributed by atoms with Crippen LogP contribution >= 0.6 is 0 Å². The van der Waals surface area contributed by atoms with Crippen LogP contribution in [0.3, 0.4) is 0 Å². The van der Waals surface area contributed by atoms with E-state index in [4.69, 9.17) is 0 Å². The molecule has 0 saturated carbocycles. The third-order valence-electron chi connectivity index (χ3n) is 5.20. The van der Waals surface area contributed by atoms with Gasteiger partial charge in [0.15, 0.2) is 0 Å². The number of anilines is 1. The Kier molecular flexibility index (Phi) is 4.69. The van der Waals surface area contributed by atoms with E-state index in [1.165, 1.54) is 4.57 Å². The highest BCUT2D eigenvalue weighted by Crippen LogP contribution is 2.24. The molecule has 1 aromatic heterocycles. The Balaban J connectivity index is 1.47. The van der Waals surface area contributed by atoms with Crippen molar-refractivity contribution in [3.63, 3.8) is 0 Å². The number of aryl methyl sites for hydroxylation is 1. The van der Waals surface area contributed by atoms with Gasteiger partial charge in [-0.1, -0.05) is 36.4 Å². The first kappa shape index (κ1) is 18.0. The molecule has 142 valence electrons. The average Bonchev–Trinajstić information content (AvgIpc) is 3.10. The molecule has 1 fully saturated rings. The molecule has 28 heavy (non-hydrogen) atoms. The zero-order valence-corrected chi connectivity index (χ0v) is 15.6. The molecule has 0 radical (unpaired) electrons. The van der Waals surface area contributed by atoms with E-state index >= 15 is 0 Å². The predicted molar refractivity (Wildman–Crippen MR) is 108 cm³/mol. The van der Waals surface area contributed by atoms with Crippen LogP contribution in [0.25, 0.3) is 10.9 Å². The van der Waals surface area contributed by atoms with Crippen molar-refractivity contribution in [2.24, 2.45) is 13.0 Å². The van der Waals surface area contributed by atoms with Crippen LogP contribution in [0.1, 0.15) is 16.8 Å². The number of hydrogen-bond acceptors (Lipinski definition) is 3. The molecule has 1 aliphatic rings. The Morgan fingerprint density at radius 2 is 1.79 bits per heavy atom. The predicted octanol–water partition coefficient (Wildman–Crippen LogP) is 2.32. The van der Waals surface area contributed by atoms with Crippen LogP contribution in [-0.4, -0.2) is 29.5 Å². The maximum Gasteiger partial charge on any atom is 0.263 e. The van der Waals surface area contributed by atoms with Gasteiger partial charge in [-0.3, -0.25) is 14.4 Å². The first-order valence-electron chi connectivity index (χ1n) is 9.27. The lowest BCUT2D eigenvalue weighted by atomic mass is 10.1. The van der Waals surface area contributed by atoms with Crippen LogP contribution < -0.4 is 15.8 Å². The molecule has 2 heterocycles. The Bertz CT molecular complexity index is 1100. The second-order valence-electron chi connectivity index (χ2n) is 7.10. The standard InChI is InChI=1S/C22H21N3O3/c1-24-19-10-6-5-7-16(19)12-18(22(24)28)21(27)23-13-15-11-20(26)25(14-15)17-8-3-2-4-9-17/h2-10,12,15H,11,13-14H2,1H3,(H,23,27)/t15-/m1/s1. The zero-order chi connectivity index (χ0) is 19.7. The molecule has 0 aliphatic carbocycles. The summed E-state index contributed by atoms with van der Waals surface area (Å²) in [6.45, 7) is 0.906. The fourth-order valence-corrected chi connectivity index (χ4v) is 3.69. The molecule has 3 aromatic rings. The van der Waals surface area contributed by atoms with Crippen molar-refractivity contribution in [2.75, 3.05) is 18.0 Å². The average molecular weight is 375 g/mol. The minimum absolute atomic E-state index is 0.0148. The first-order valence-corrected chi connectivity index (χ1v) is 9.27. The van der Waals surface area contributed by atoms with Gasteiger partial charge in [-0.05, 0) is 29.7 Å². The summed E-state index contributed by atoms with van der Waals surface area (Å²) in [6, 6.07) is 18.6. The van der Waals surface area contributed by atoms with E-state index in [0.717, 1.165) is 16.6 Å². The lowest BCUT2D eigenvalue weighted by Gasteiger charge is -2.17. The normalized spacial score (nSPS) is 16.5. The zero-order valence-electron chi connectivity index (χ0n) is 15.6. The highest BCUT2D eigenvalue weighted by atomic mass is 16.2. The fourth-order valence-electron chi connectivity index (χ4n) is 3.69. The smallest absolute Gasteiger partial charge is 0.263 e. The molecule has 0 spiro atoms. The van der Waals surface area contributed by atoms with E-state index in [1.54, 1.807) is 18.0 Å². The van der Waals surface area contributed by atoms with Crippen LogP contribution in [0, 0.1) is 5.92 Å². The number of nitrogens with one attached hydrogen (secondary N) is 1. The van der Waals surface area contributed by atoms with E-state index in [2.05, 4.69) is 5.32 Å². The summed E-state index contributed by atoms with van der Waals surface area (Å²) < 4.78 is 1.49. The van der Waals surface area contributed by atoms with Crippen LogP contribution in [0.4, 0.5) is 5.69 Å². The topological polar surface area (TPSA) is 71.4 Å². The van der Waals surface area contributed by atoms with Gasteiger partial charge in [0.1, 0.15) is 5.56 Å². The molecule has 2 amide bonds. The lowest BCUT2D eigenvalue weighted by molar-refractivity contribution is -0.117. The van der Waals surface area contributed by atoms with Crippen molar-refractivity contribution in [3.8, 4) is 0 Å². The minimum Gasteiger partial charge on any atom is -0.352 e. The molecule has 0 unspecified atom stereocenters. The number of amides is 2. The number of nitrogens with zero attached hydrogens (tertiary/aromatic N) is 2. The van der Waals surface area contributed by atoms with E-state index in [9.17, 15) is 14.4 Å². The Labute approximate surface area is 162 Å². The third kappa shape index (κ3) is 3.29. The monoisotopic (exact) mass is 375 g/mol. The van der Waals surface area contributed by atoms with E-state index in [0.29, 0.717) is 19.5 Å². The number of carbonyl (C=O) groups excluding carboxylic acids is 2. The Morgan fingerprint density at radius 3 is 2.57 bits per heavy atom. The summed E-state index contributed by atoms with van der Waals surface area (Å²) in [5, 5.41) is 3.67. The van der Waals surface area contributed by atoms with Gasteiger partial charge in [-0.25, -0.2) is 0 Å². The Hall–Kier alpha value is -3.41. The van der Waals surface area contributed by atoms with Crippen LogP contribution in [0.5, 0.6) is 0 Å². The summed E-state index contributed by atoms with van der Waals surface area (Å²) in [6.07, 6.45) is 0.380. The molecule has 6 nitrogen and oxygen atoms in total. The fraction of sp³-hybridized carbons (Fsp3) is 0.227. The van der Waals surface area contributed by atoms with Gasteiger partial charge in [0.2, 0.25) is 5.91 Å². The number of carbonyl (C=O) groups is 2. The number of para-hydroxylation sites is 2. The first-order chi connectivity index (χ1) is 13.5. The number of hydrogen-bond donors (Lipinski definition) is 1. The van der Waals surface area contributed by atoms with Gasteiger partial charge in [0, 0.05) is 38.2 Å². The Morgan fingerprint density at radius 1 is 1.07 bits per heavy atom. The van der Waals surface area contributed by atoms with Crippen molar-refractivity contribution in [2.45, 2.75) is 6.42 Å². The molecule has 1 aliphatic heterocycles. The van der Waals surface area contributed by atoms with Crippen molar-refractivity contribution >= 4 is 28.4 Å². The van der Waals surface area contributed by atoms with Gasteiger partial charge < -0.3 is 14.8 Å². The van der Waals surface area contributed by atoms with Crippen LogP contribution in [0.2, 0.25) is 0 Å². The van der Waals surface area contributed by atoms with Gasteiger partial charge in [-0.15, -0.1) is 0 Å². The maximum absolute atomic E-state index is 12.6. The highest BCUT2D eigenvalue weighted by Gasteiger charge is 2.30. The largest absolute Gasteiger partial charge is 0.352 e. The molecular formula is C22H21N3O3. The van der Waals surface area contributed by atoms with Crippen molar-refractivity contribution in [1.82, 2.24) is 9.88 Å². The number of pyridine rings is 1. The molecule has 1 saturated heterocycles. The number of fused-ring (bicyclic) bond motifs is 1. The van der Waals surface area contributed by atoms with Gasteiger partial charge >= 0.3 is 0 Å². The van der Waals surface area contributed by atoms with Crippen molar-refractivity contribution < 1.29 is 9.59 Å². The van der Waals surface area contributed by atoms with Crippen LogP contribution in [-0.2, 0) is 11.8 Å². The minimum atomic E-state index is -0.406. The molecule has 1 atom stereocenters. The summed E-state index contributed by atoms with van der Waals surface area (Å²) in [4.78, 5) is 39.2. The van der Waals surface area contributed by atoms with Crippen molar-refractivity contribution in [1.29, 1.82) is 0 Å². The second kappa shape index (κ2) is 7.31. The number of benzene rings is 2. The molecule has 4 rings (SSSR count). The van der Waals surface area contributed by atoms with Crippen molar-refractivity contribution in [3.05, 3.63) is 76.6 Å². The molecule has 2 aromatic carbocycles. The summed E-state index contributed by atoms with van der Waals surface area (Å²) >= 11 is 0.